The largest absolute Gasteiger partial charge is 0.372 e. The number of ether oxygens (including phenoxy) is 1. The van der Waals surface area contributed by atoms with Crippen molar-refractivity contribution >= 4 is 28.5 Å². The number of nitrogens with zero attached hydrogens (tertiary/aromatic N) is 4. The summed E-state index contributed by atoms with van der Waals surface area (Å²) in [5.74, 6) is -1.05. The van der Waals surface area contributed by atoms with Crippen LogP contribution in [0.1, 0.15) is 53.3 Å². The van der Waals surface area contributed by atoms with Crippen LogP contribution in [-0.4, -0.2) is 64.7 Å². The second-order valence-electron chi connectivity index (χ2n) is 12.0. The lowest BCUT2D eigenvalue weighted by atomic mass is 9.85. The zero-order chi connectivity index (χ0) is 28.0. The van der Waals surface area contributed by atoms with E-state index < -0.39 is 41.5 Å². The number of piperidine rings is 1. The highest BCUT2D eigenvalue weighted by Gasteiger charge is 2.69. The molecule has 202 valence electrons. The van der Waals surface area contributed by atoms with Gasteiger partial charge in [0.1, 0.15) is 23.9 Å². The van der Waals surface area contributed by atoms with Gasteiger partial charge >= 0.3 is 0 Å². The number of carbonyl (C=O) groups is 3. The quantitative estimate of drug-likeness (QED) is 0.572. The summed E-state index contributed by atoms with van der Waals surface area (Å²) in [7, 11) is 1.43. The zero-order valence-electron chi connectivity index (χ0n) is 23.0. The van der Waals surface area contributed by atoms with Gasteiger partial charge in [-0.3, -0.25) is 14.4 Å². The Kier molecular flexibility index (Phi) is 7.19. The van der Waals surface area contributed by atoms with Crippen LogP contribution in [0.15, 0.2) is 30.5 Å². The predicted octanol–water partition coefficient (Wildman–Crippen LogP) is 2.36. The van der Waals surface area contributed by atoms with E-state index in [1.54, 1.807) is 18.0 Å². The van der Waals surface area contributed by atoms with E-state index in [2.05, 4.69) is 40.7 Å². The Morgan fingerprint density at radius 3 is 2.53 bits per heavy atom. The number of nitriles is 1. The second-order valence-corrected chi connectivity index (χ2v) is 12.0. The molecular formula is C28H36N6O4. The minimum absolute atomic E-state index is 0.0568. The summed E-state index contributed by atoms with van der Waals surface area (Å²) in [5, 5.41) is 25.4. The van der Waals surface area contributed by atoms with Gasteiger partial charge in [-0.2, -0.15) is 15.5 Å². The normalized spacial score (nSPS) is 24.1. The monoisotopic (exact) mass is 520 g/mol. The maximum Gasteiger partial charge on any atom is 0.249 e. The highest BCUT2D eigenvalue weighted by atomic mass is 16.5. The van der Waals surface area contributed by atoms with E-state index >= 15 is 0 Å². The molecule has 1 aliphatic heterocycles. The smallest absolute Gasteiger partial charge is 0.249 e. The molecule has 1 unspecified atom stereocenters. The molecule has 38 heavy (non-hydrogen) atoms. The molecule has 0 spiro atoms. The molecule has 1 aliphatic carbocycles. The number of hydrogen-bond donors (Lipinski definition) is 2. The van der Waals surface area contributed by atoms with Crippen molar-refractivity contribution in [2.75, 3.05) is 13.7 Å². The van der Waals surface area contributed by atoms with Crippen LogP contribution >= 0.6 is 0 Å². The van der Waals surface area contributed by atoms with Crippen molar-refractivity contribution in [3.8, 4) is 6.07 Å². The van der Waals surface area contributed by atoms with E-state index in [1.165, 1.54) is 7.11 Å². The molecule has 2 aromatic rings. The average Bonchev–Trinajstić information content (AvgIpc) is 3.20. The van der Waals surface area contributed by atoms with E-state index in [0.717, 1.165) is 10.8 Å². The number of likely N-dealkylation sites (tertiary alicyclic amines) is 1. The first-order chi connectivity index (χ1) is 17.8. The summed E-state index contributed by atoms with van der Waals surface area (Å²) in [4.78, 5) is 42.0. The SMILES string of the molecule is CO[C@@H](C)C(=O)N[C@H](C(=O)N1C[C@H]2[C@@H]([C@H]1C(=O)NC(C#N)c1nncc3ccccc13)C2(C)C)C(C)(C)C. The Labute approximate surface area is 223 Å². The molecule has 10 heteroatoms. The number of aromatic nitrogens is 2. The third-order valence-electron chi connectivity index (χ3n) is 8.17. The van der Waals surface area contributed by atoms with Gasteiger partial charge in [-0.25, -0.2) is 0 Å². The van der Waals surface area contributed by atoms with Crippen molar-refractivity contribution < 1.29 is 19.1 Å². The van der Waals surface area contributed by atoms with Crippen molar-refractivity contribution in [1.82, 2.24) is 25.7 Å². The van der Waals surface area contributed by atoms with Crippen molar-refractivity contribution in [1.29, 1.82) is 5.26 Å². The summed E-state index contributed by atoms with van der Waals surface area (Å²) in [6.07, 6.45) is 0.880. The van der Waals surface area contributed by atoms with Crippen LogP contribution in [0.2, 0.25) is 0 Å². The van der Waals surface area contributed by atoms with Crippen LogP contribution < -0.4 is 10.6 Å². The minimum Gasteiger partial charge on any atom is -0.372 e. The number of hydrogen-bond acceptors (Lipinski definition) is 7. The molecular weight excluding hydrogens is 484 g/mol. The molecule has 2 heterocycles. The van der Waals surface area contributed by atoms with Gasteiger partial charge in [0.2, 0.25) is 17.7 Å². The lowest BCUT2D eigenvalue weighted by molar-refractivity contribution is -0.147. The van der Waals surface area contributed by atoms with Crippen LogP contribution in [-0.2, 0) is 19.1 Å². The third-order valence-corrected chi connectivity index (χ3v) is 8.17. The standard InChI is InChI=1S/C28H36N6O4/c1-15(38-7)24(35)32-23(27(2,3)4)26(37)34-14-18-20(28(18,5)6)22(34)25(36)31-19(12-29)21-17-11-9-8-10-16(17)13-30-33-21/h8-11,13,15,18-20,22-23H,14H2,1-7H3,(H,31,36)(H,32,35)/t15-,18-,19?,20-,22-,23+/m0/s1. The van der Waals surface area contributed by atoms with E-state index in [9.17, 15) is 19.6 Å². The van der Waals surface area contributed by atoms with Gasteiger partial charge < -0.3 is 20.3 Å². The first-order valence-electron chi connectivity index (χ1n) is 12.9. The van der Waals surface area contributed by atoms with Gasteiger partial charge in [0.25, 0.3) is 0 Å². The first-order valence-corrected chi connectivity index (χ1v) is 12.9. The van der Waals surface area contributed by atoms with Gasteiger partial charge in [-0.1, -0.05) is 58.9 Å². The Morgan fingerprint density at radius 1 is 1.21 bits per heavy atom. The molecule has 2 N–H and O–H groups in total. The number of benzene rings is 1. The minimum atomic E-state index is -1.04. The van der Waals surface area contributed by atoms with Gasteiger partial charge in [0.05, 0.1) is 12.3 Å². The molecule has 3 amide bonds. The van der Waals surface area contributed by atoms with Gasteiger partial charge in [0.15, 0.2) is 6.04 Å². The molecule has 1 saturated carbocycles. The van der Waals surface area contributed by atoms with Crippen LogP contribution in [0, 0.1) is 34.0 Å². The second kappa shape index (κ2) is 9.95. The van der Waals surface area contributed by atoms with E-state index in [0.29, 0.717) is 12.2 Å². The van der Waals surface area contributed by atoms with Crippen molar-refractivity contribution in [2.45, 2.75) is 65.8 Å². The Bertz CT molecular complexity index is 1290. The van der Waals surface area contributed by atoms with Gasteiger partial charge in [-0.05, 0) is 29.6 Å². The molecule has 4 rings (SSSR count). The number of fused-ring (bicyclic) bond motifs is 2. The number of methoxy groups -OCH3 is 1. The molecule has 2 fully saturated rings. The Hall–Kier alpha value is -3.58. The molecule has 1 aromatic carbocycles. The summed E-state index contributed by atoms with van der Waals surface area (Å²) in [6, 6.07) is 6.86. The van der Waals surface area contributed by atoms with Gasteiger partial charge in [0, 0.05) is 24.4 Å². The van der Waals surface area contributed by atoms with Crippen molar-refractivity contribution in [3.05, 3.63) is 36.2 Å². The Morgan fingerprint density at radius 2 is 1.89 bits per heavy atom. The first kappa shape index (κ1) is 27.5. The van der Waals surface area contributed by atoms with Gasteiger partial charge in [-0.15, -0.1) is 0 Å². The third kappa shape index (κ3) is 4.83. The van der Waals surface area contributed by atoms with Crippen LogP contribution in [0.3, 0.4) is 0 Å². The van der Waals surface area contributed by atoms with Crippen LogP contribution in [0.4, 0.5) is 0 Å². The molecule has 0 bridgehead atoms. The fourth-order valence-corrected chi connectivity index (χ4v) is 5.65. The predicted molar refractivity (Wildman–Crippen MR) is 140 cm³/mol. The van der Waals surface area contributed by atoms with Crippen molar-refractivity contribution in [2.24, 2.45) is 22.7 Å². The number of nitrogens with one attached hydrogen (secondary N) is 2. The highest BCUT2D eigenvalue weighted by molar-refractivity contribution is 5.95. The summed E-state index contributed by atoms with van der Waals surface area (Å²) in [6.45, 7) is 11.8. The zero-order valence-corrected chi connectivity index (χ0v) is 23.0. The molecule has 0 radical (unpaired) electrons. The number of amides is 3. The topological polar surface area (TPSA) is 137 Å². The molecule has 10 nitrogen and oxygen atoms in total. The summed E-state index contributed by atoms with van der Waals surface area (Å²) < 4.78 is 5.13. The van der Waals surface area contributed by atoms with Crippen LogP contribution in [0.25, 0.3) is 10.8 Å². The van der Waals surface area contributed by atoms with Crippen molar-refractivity contribution in [3.63, 3.8) is 0 Å². The van der Waals surface area contributed by atoms with E-state index in [4.69, 9.17) is 4.74 Å². The average molecular weight is 521 g/mol. The number of rotatable bonds is 7. The van der Waals surface area contributed by atoms with Crippen LogP contribution in [0.5, 0.6) is 0 Å². The Balaban J connectivity index is 1.62. The number of carbonyl (C=O) groups excluding carboxylic acids is 3. The lowest BCUT2D eigenvalue weighted by Crippen LogP contribution is -2.60. The lowest BCUT2D eigenvalue weighted by Gasteiger charge is -2.38. The maximum absolute atomic E-state index is 13.9. The molecule has 1 saturated heterocycles. The summed E-state index contributed by atoms with van der Waals surface area (Å²) >= 11 is 0. The summed E-state index contributed by atoms with van der Waals surface area (Å²) in [5.41, 5.74) is -0.377. The molecule has 2 aliphatic rings. The molecule has 6 atom stereocenters. The molecule has 1 aromatic heterocycles. The fraction of sp³-hybridized carbons (Fsp3) is 0.571. The maximum atomic E-state index is 13.9. The highest BCUT2D eigenvalue weighted by Crippen LogP contribution is 2.65. The van der Waals surface area contributed by atoms with E-state index in [1.807, 2.05) is 45.0 Å². The van der Waals surface area contributed by atoms with E-state index in [-0.39, 0.29) is 23.2 Å². The fourth-order valence-electron chi connectivity index (χ4n) is 5.65.